The SMILES string of the molecule is CC(C)(C)C(=O)c1ccc(-c2ccc(C(F)(F)F)cc2)c2ccc(N)nc12. The minimum Gasteiger partial charge on any atom is -0.384 e. The van der Waals surface area contributed by atoms with E-state index in [9.17, 15) is 18.0 Å². The Balaban J connectivity index is 2.20. The average Bonchev–Trinajstić information content (AvgIpc) is 2.58. The van der Waals surface area contributed by atoms with Gasteiger partial charge in [-0.15, -0.1) is 0 Å². The molecule has 0 bridgehead atoms. The van der Waals surface area contributed by atoms with E-state index >= 15 is 0 Å². The molecule has 0 amide bonds. The number of rotatable bonds is 2. The number of benzene rings is 2. The molecule has 1 heterocycles. The number of anilines is 1. The molecule has 0 saturated carbocycles. The average molecular weight is 372 g/mol. The fraction of sp³-hybridized carbons (Fsp3) is 0.238. The number of aromatic nitrogens is 1. The number of pyridine rings is 1. The number of Topliss-reactive ketones (excluding diaryl/α,β-unsaturated/α-hetero) is 1. The lowest BCUT2D eigenvalue weighted by Gasteiger charge is -2.19. The van der Waals surface area contributed by atoms with Gasteiger partial charge in [0.15, 0.2) is 5.78 Å². The molecule has 0 saturated heterocycles. The van der Waals surface area contributed by atoms with E-state index in [1.165, 1.54) is 12.1 Å². The molecule has 6 heteroatoms. The lowest BCUT2D eigenvalue weighted by atomic mass is 9.84. The number of ketones is 1. The first-order valence-electron chi connectivity index (χ1n) is 8.40. The Labute approximate surface area is 155 Å². The van der Waals surface area contributed by atoms with Crippen LogP contribution in [0.2, 0.25) is 0 Å². The molecule has 2 N–H and O–H groups in total. The maximum Gasteiger partial charge on any atom is 0.416 e. The first-order valence-corrected chi connectivity index (χ1v) is 8.40. The van der Waals surface area contributed by atoms with Crippen molar-refractivity contribution in [1.29, 1.82) is 0 Å². The Morgan fingerprint density at radius 3 is 2.11 bits per heavy atom. The highest BCUT2D eigenvalue weighted by Gasteiger charge is 2.30. The van der Waals surface area contributed by atoms with E-state index in [2.05, 4.69) is 4.98 Å². The minimum absolute atomic E-state index is 0.0791. The van der Waals surface area contributed by atoms with E-state index in [0.717, 1.165) is 12.1 Å². The third kappa shape index (κ3) is 3.65. The first-order chi connectivity index (χ1) is 12.5. The Morgan fingerprint density at radius 2 is 1.56 bits per heavy atom. The van der Waals surface area contributed by atoms with Gasteiger partial charge >= 0.3 is 6.18 Å². The van der Waals surface area contributed by atoms with Gasteiger partial charge in [0.25, 0.3) is 0 Å². The second-order valence-electron chi connectivity index (χ2n) is 7.45. The zero-order chi connectivity index (χ0) is 20.0. The van der Waals surface area contributed by atoms with E-state index in [1.807, 2.05) is 20.8 Å². The van der Waals surface area contributed by atoms with Crippen molar-refractivity contribution in [2.45, 2.75) is 26.9 Å². The lowest BCUT2D eigenvalue weighted by molar-refractivity contribution is -0.137. The summed E-state index contributed by atoms with van der Waals surface area (Å²) in [6, 6.07) is 11.7. The first kappa shape index (κ1) is 18.9. The largest absolute Gasteiger partial charge is 0.416 e. The molecule has 0 atom stereocenters. The van der Waals surface area contributed by atoms with Crippen LogP contribution in [0, 0.1) is 5.41 Å². The van der Waals surface area contributed by atoms with Crippen LogP contribution in [-0.2, 0) is 6.18 Å². The van der Waals surface area contributed by atoms with Gasteiger partial charge in [-0.1, -0.05) is 39.0 Å². The Hall–Kier alpha value is -2.89. The fourth-order valence-corrected chi connectivity index (χ4v) is 2.91. The van der Waals surface area contributed by atoms with Crippen LogP contribution >= 0.6 is 0 Å². The number of hydrogen-bond donors (Lipinski definition) is 1. The maximum absolute atomic E-state index is 12.8. The number of halogens is 3. The van der Waals surface area contributed by atoms with Gasteiger partial charge < -0.3 is 5.73 Å². The highest BCUT2D eigenvalue weighted by molar-refractivity contribution is 6.12. The van der Waals surface area contributed by atoms with Crippen LogP contribution in [0.3, 0.4) is 0 Å². The monoisotopic (exact) mass is 372 g/mol. The molecule has 0 radical (unpaired) electrons. The van der Waals surface area contributed by atoms with Crippen molar-refractivity contribution in [2.75, 3.05) is 5.73 Å². The molecule has 1 aromatic heterocycles. The van der Waals surface area contributed by atoms with Crippen molar-refractivity contribution in [2.24, 2.45) is 5.41 Å². The van der Waals surface area contributed by atoms with Crippen molar-refractivity contribution in [1.82, 2.24) is 4.98 Å². The van der Waals surface area contributed by atoms with E-state index < -0.39 is 17.2 Å². The molecule has 0 aliphatic heterocycles. The summed E-state index contributed by atoms with van der Waals surface area (Å²) in [6.45, 7) is 5.45. The van der Waals surface area contributed by atoms with Gasteiger partial charge in [0.05, 0.1) is 11.1 Å². The number of nitrogen functional groups attached to an aromatic ring is 1. The highest BCUT2D eigenvalue weighted by Crippen LogP contribution is 2.35. The molecular weight excluding hydrogens is 353 g/mol. The zero-order valence-electron chi connectivity index (χ0n) is 15.2. The Bertz CT molecular complexity index is 1020. The van der Waals surface area contributed by atoms with Crippen LogP contribution in [0.15, 0.2) is 48.5 Å². The normalized spacial score (nSPS) is 12.4. The topological polar surface area (TPSA) is 56.0 Å². The summed E-state index contributed by atoms with van der Waals surface area (Å²) >= 11 is 0. The van der Waals surface area contributed by atoms with Gasteiger partial charge in [-0.3, -0.25) is 4.79 Å². The Morgan fingerprint density at radius 1 is 0.926 bits per heavy atom. The smallest absolute Gasteiger partial charge is 0.384 e. The number of nitrogens with zero attached hydrogens (tertiary/aromatic N) is 1. The molecule has 0 fully saturated rings. The highest BCUT2D eigenvalue weighted by atomic mass is 19.4. The van der Waals surface area contributed by atoms with Gasteiger partial charge in [0.2, 0.25) is 0 Å². The number of carbonyl (C=O) groups is 1. The molecule has 0 spiro atoms. The second kappa shape index (κ2) is 6.37. The summed E-state index contributed by atoms with van der Waals surface area (Å²) in [5.41, 5.74) is 6.69. The van der Waals surface area contributed by atoms with Gasteiger partial charge in [-0.2, -0.15) is 13.2 Å². The fourth-order valence-electron chi connectivity index (χ4n) is 2.91. The standard InChI is InChI=1S/C21H19F3N2O/c1-20(2,3)19(27)16-9-8-14(15-10-11-17(25)26-18(15)16)12-4-6-13(7-5-12)21(22,23)24/h4-11H,1-3H3,(H2,25,26). The van der Waals surface area contributed by atoms with Crippen LogP contribution < -0.4 is 5.73 Å². The lowest BCUT2D eigenvalue weighted by Crippen LogP contribution is -2.20. The molecular formula is C21H19F3N2O. The molecule has 3 rings (SSSR count). The third-order valence-electron chi connectivity index (χ3n) is 4.33. The molecule has 140 valence electrons. The van der Waals surface area contributed by atoms with Crippen LogP contribution in [0.25, 0.3) is 22.0 Å². The predicted octanol–water partition coefficient (Wildman–Crippen LogP) is 5.73. The van der Waals surface area contributed by atoms with Crippen LogP contribution in [-0.4, -0.2) is 10.8 Å². The second-order valence-corrected chi connectivity index (χ2v) is 7.45. The number of fused-ring (bicyclic) bond motifs is 1. The third-order valence-corrected chi connectivity index (χ3v) is 4.33. The quantitative estimate of drug-likeness (QED) is 0.584. The van der Waals surface area contributed by atoms with E-state index in [1.54, 1.807) is 24.3 Å². The van der Waals surface area contributed by atoms with Crippen molar-refractivity contribution in [3.05, 3.63) is 59.7 Å². The Kier molecular flexibility index (Phi) is 4.46. The predicted molar refractivity (Wildman–Crippen MR) is 100 cm³/mol. The molecule has 0 aliphatic rings. The van der Waals surface area contributed by atoms with E-state index in [-0.39, 0.29) is 11.6 Å². The van der Waals surface area contributed by atoms with Gasteiger partial charge in [0.1, 0.15) is 5.82 Å². The number of hydrogen-bond acceptors (Lipinski definition) is 3. The summed E-state index contributed by atoms with van der Waals surface area (Å²) < 4.78 is 38.4. The summed E-state index contributed by atoms with van der Waals surface area (Å²) in [5.74, 6) is 0.194. The summed E-state index contributed by atoms with van der Waals surface area (Å²) in [5, 5.41) is 0.666. The van der Waals surface area contributed by atoms with Gasteiger partial charge in [0, 0.05) is 16.4 Å². The number of carbonyl (C=O) groups excluding carboxylic acids is 1. The number of alkyl halides is 3. The number of nitrogens with two attached hydrogens (primary N) is 1. The van der Waals surface area contributed by atoms with Crippen LogP contribution in [0.5, 0.6) is 0 Å². The van der Waals surface area contributed by atoms with E-state index in [0.29, 0.717) is 27.6 Å². The van der Waals surface area contributed by atoms with E-state index in [4.69, 9.17) is 5.73 Å². The summed E-state index contributed by atoms with van der Waals surface area (Å²) in [4.78, 5) is 17.1. The summed E-state index contributed by atoms with van der Waals surface area (Å²) in [7, 11) is 0. The molecule has 3 nitrogen and oxygen atoms in total. The van der Waals surface area contributed by atoms with Crippen molar-refractivity contribution < 1.29 is 18.0 Å². The zero-order valence-corrected chi connectivity index (χ0v) is 15.2. The molecule has 27 heavy (non-hydrogen) atoms. The molecule has 0 unspecified atom stereocenters. The van der Waals surface area contributed by atoms with Crippen molar-refractivity contribution in [3.63, 3.8) is 0 Å². The maximum atomic E-state index is 12.8. The van der Waals surface area contributed by atoms with Crippen molar-refractivity contribution >= 4 is 22.5 Å². The van der Waals surface area contributed by atoms with Gasteiger partial charge in [-0.05, 0) is 41.5 Å². The molecule has 3 aromatic rings. The van der Waals surface area contributed by atoms with Gasteiger partial charge in [-0.25, -0.2) is 4.98 Å². The van der Waals surface area contributed by atoms with Crippen molar-refractivity contribution in [3.8, 4) is 11.1 Å². The summed E-state index contributed by atoms with van der Waals surface area (Å²) in [6.07, 6.45) is -4.39. The minimum atomic E-state index is -4.39. The molecule has 2 aromatic carbocycles. The van der Waals surface area contributed by atoms with Crippen LogP contribution in [0.1, 0.15) is 36.7 Å². The van der Waals surface area contributed by atoms with Crippen LogP contribution in [0.4, 0.5) is 19.0 Å². The molecule has 0 aliphatic carbocycles.